The Balaban J connectivity index is 2.26. The molecule has 0 saturated carbocycles. The van der Waals surface area contributed by atoms with Gasteiger partial charge >= 0.3 is 0 Å². The lowest BCUT2D eigenvalue weighted by Gasteiger charge is -2.09. The molecule has 0 aliphatic heterocycles. The molecule has 17 heavy (non-hydrogen) atoms. The van der Waals surface area contributed by atoms with Crippen molar-refractivity contribution in [3.8, 4) is 11.5 Å². The minimum absolute atomic E-state index is 0.275. The fraction of sp³-hybridized carbons (Fsp3) is 0.0769. The first kappa shape index (κ1) is 12.4. The summed E-state index contributed by atoms with van der Waals surface area (Å²) >= 11 is 9.08. The molecule has 0 N–H and O–H groups in total. The molecule has 2 aromatic carbocycles. The topological polar surface area (TPSA) is 9.23 Å². The van der Waals surface area contributed by atoms with E-state index < -0.39 is 0 Å². The predicted octanol–water partition coefficient (Wildman–Crippen LogP) is 5.17. The molecule has 0 aliphatic carbocycles. The Morgan fingerprint density at radius 1 is 1.12 bits per heavy atom. The molecule has 0 aromatic heterocycles. The maximum Gasteiger partial charge on any atom is 0.131 e. The van der Waals surface area contributed by atoms with Gasteiger partial charge in [-0.1, -0.05) is 27.5 Å². The van der Waals surface area contributed by atoms with Gasteiger partial charge in [0.2, 0.25) is 0 Å². The highest BCUT2D eigenvalue weighted by molar-refractivity contribution is 9.08. The third-order valence-electron chi connectivity index (χ3n) is 2.21. The second kappa shape index (κ2) is 5.52. The van der Waals surface area contributed by atoms with Crippen molar-refractivity contribution in [3.63, 3.8) is 0 Å². The Morgan fingerprint density at radius 3 is 2.47 bits per heavy atom. The molecule has 1 nitrogen and oxygen atoms in total. The summed E-state index contributed by atoms with van der Waals surface area (Å²) in [5.74, 6) is 1.02. The van der Waals surface area contributed by atoms with Crippen LogP contribution in [0, 0.1) is 5.82 Å². The Morgan fingerprint density at radius 2 is 1.82 bits per heavy atom. The summed E-state index contributed by atoms with van der Waals surface area (Å²) in [5, 5.41) is 1.19. The largest absolute Gasteiger partial charge is 0.457 e. The van der Waals surface area contributed by atoms with Gasteiger partial charge in [0.25, 0.3) is 0 Å². The summed E-state index contributed by atoms with van der Waals surface area (Å²) in [5.41, 5.74) is 0.764. The Kier molecular flexibility index (Phi) is 4.02. The quantitative estimate of drug-likeness (QED) is 0.710. The second-order valence-electron chi connectivity index (χ2n) is 3.44. The van der Waals surface area contributed by atoms with E-state index in [4.69, 9.17) is 16.3 Å². The van der Waals surface area contributed by atoms with E-state index in [1.54, 1.807) is 30.3 Å². The molecule has 0 amide bonds. The van der Waals surface area contributed by atoms with Crippen molar-refractivity contribution in [2.75, 3.05) is 0 Å². The van der Waals surface area contributed by atoms with Gasteiger partial charge in [-0.05, 0) is 42.5 Å². The molecule has 2 rings (SSSR count). The molecule has 0 spiro atoms. The maximum atomic E-state index is 13.0. The summed E-state index contributed by atoms with van der Waals surface area (Å²) in [6, 6.07) is 11.5. The van der Waals surface area contributed by atoms with E-state index in [-0.39, 0.29) is 5.82 Å². The fourth-order valence-corrected chi connectivity index (χ4v) is 1.95. The normalized spacial score (nSPS) is 10.3. The van der Waals surface area contributed by atoms with Crippen molar-refractivity contribution in [2.45, 2.75) is 5.33 Å². The third kappa shape index (κ3) is 3.20. The van der Waals surface area contributed by atoms with Gasteiger partial charge < -0.3 is 4.74 Å². The number of alkyl halides is 1. The van der Waals surface area contributed by atoms with Gasteiger partial charge in [0.15, 0.2) is 0 Å². The van der Waals surface area contributed by atoms with E-state index >= 15 is 0 Å². The minimum Gasteiger partial charge on any atom is -0.457 e. The minimum atomic E-state index is -0.275. The van der Waals surface area contributed by atoms with Crippen LogP contribution in [-0.2, 0) is 5.33 Å². The van der Waals surface area contributed by atoms with Crippen LogP contribution in [0.1, 0.15) is 5.56 Å². The lowest BCUT2D eigenvalue weighted by Crippen LogP contribution is -1.90. The van der Waals surface area contributed by atoms with E-state index in [0.29, 0.717) is 21.9 Å². The predicted molar refractivity (Wildman–Crippen MR) is 70.6 cm³/mol. The Hall–Kier alpha value is -1.06. The van der Waals surface area contributed by atoms with Crippen LogP contribution in [0.15, 0.2) is 42.5 Å². The molecule has 0 radical (unpaired) electrons. The molecular formula is C13H9BrClFO. The molecule has 0 atom stereocenters. The van der Waals surface area contributed by atoms with E-state index in [9.17, 15) is 4.39 Å². The van der Waals surface area contributed by atoms with Crippen molar-refractivity contribution in [1.82, 2.24) is 0 Å². The van der Waals surface area contributed by atoms with E-state index in [1.807, 2.05) is 0 Å². The summed E-state index contributed by atoms with van der Waals surface area (Å²) in [6.45, 7) is 0. The average Bonchev–Trinajstić information content (AvgIpc) is 2.34. The maximum absolute atomic E-state index is 13.0. The van der Waals surface area contributed by atoms with Crippen LogP contribution in [-0.4, -0.2) is 0 Å². The van der Waals surface area contributed by atoms with Gasteiger partial charge in [-0.15, -0.1) is 0 Å². The molecule has 4 heteroatoms. The smallest absolute Gasteiger partial charge is 0.131 e. The van der Waals surface area contributed by atoms with Crippen LogP contribution in [0.5, 0.6) is 11.5 Å². The number of ether oxygens (including phenoxy) is 1. The molecule has 0 heterocycles. The van der Waals surface area contributed by atoms with Gasteiger partial charge in [-0.25, -0.2) is 4.39 Å². The molecule has 2 aromatic rings. The zero-order chi connectivity index (χ0) is 12.3. The molecule has 0 bridgehead atoms. The molecule has 0 fully saturated rings. The van der Waals surface area contributed by atoms with E-state index in [1.165, 1.54) is 12.1 Å². The number of rotatable bonds is 3. The lowest BCUT2D eigenvalue weighted by molar-refractivity contribution is 0.476. The number of hydrogen-bond acceptors (Lipinski definition) is 1. The average molecular weight is 316 g/mol. The monoisotopic (exact) mass is 314 g/mol. The van der Waals surface area contributed by atoms with Crippen LogP contribution in [0.3, 0.4) is 0 Å². The summed E-state index contributed by atoms with van der Waals surface area (Å²) in [7, 11) is 0. The Bertz CT molecular complexity index is 513. The van der Waals surface area contributed by atoms with Crippen molar-refractivity contribution in [1.29, 1.82) is 0 Å². The van der Waals surface area contributed by atoms with E-state index in [2.05, 4.69) is 15.9 Å². The van der Waals surface area contributed by atoms with Gasteiger partial charge in [0.1, 0.15) is 17.3 Å². The molecule has 88 valence electrons. The van der Waals surface area contributed by atoms with Crippen molar-refractivity contribution < 1.29 is 9.13 Å². The van der Waals surface area contributed by atoms with Gasteiger partial charge in [0.05, 0.1) is 0 Å². The zero-order valence-electron chi connectivity index (χ0n) is 8.79. The highest BCUT2D eigenvalue weighted by Crippen LogP contribution is 2.28. The Labute approximate surface area is 112 Å². The molecule has 0 aliphatic rings. The van der Waals surface area contributed by atoms with Crippen LogP contribution < -0.4 is 4.74 Å². The van der Waals surface area contributed by atoms with Crippen LogP contribution in [0.2, 0.25) is 5.02 Å². The third-order valence-corrected chi connectivity index (χ3v) is 3.06. The lowest BCUT2D eigenvalue weighted by atomic mass is 10.2. The number of benzene rings is 2. The SMILES string of the molecule is Fc1ccc(Oc2ccc(Cl)cc2)c(CBr)c1. The van der Waals surface area contributed by atoms with Crippen LogP contribution >= 0.6 is 27.5 Å². The first-order chi connectivity index (χ1) is 8.19. The van der Waals surface area contributed by atoms with Gasteiger partial charge in [-0.3, -0.25) is 0 Å². The van der Waals surface area contributed by atoms with Crippen molar-refractivity contribution >= 4 is 27.5 Å². The second-order valence-corrected chi connectivity index (χ2v) is 4.44. The summed E-state index contributed by atoms with van der Waals surface area (Å²) in [4.78, 5) is 0. The van der Waals surface area contributed by atoms with E-state index in [0.717, 1.165) is 5.56 Å². The van der Waals surface area contributed by atoms with Crippen molar-refractivity contribution in [2.24, 2.45) is 0 Å². The molecular weight excluding hydrogens is 306 g/mol. The fourth-order valence-electron chi connectivity index (χ4n) is 1.38. The highest BCUT2D eigenvalue weighted by atomic mass is 79.9. The number of halogens is 3. The van der Waals surface area contributed by atoms with Crippen LogP contribution in [0.25, 0.3) is 0 Å². The highest BCUT2D eigenvalue weighted by Gasteiger charge is 2.05. The first-order valence-electron chi connectivity index (χ1n) is 4.97. The van der Waals surface area contributed by atoms with Gasteiger partial charge in [-0.2, -0.15) is 0 Å². The first-order valence-corrected chi connectivity index (χ1v) is 6.47. The van der Waals surface area contributed by atoms with Crippen LogP contribution in [0.4, 0.5) is 4.39 Å². The standard InChI is InChI=1S/C13H9BrClFO/c14-8-9-7-11(16)3-6-13(9)17-12-4-1-10(15)2-5-12/h1-7H,8H2. The molecule has 0 saturated heterocycles. The zero-order valence-corrected chi connectivity index (χ0v) is 11.1. The van der Waals surface area contributed by atoms with Crippen molar-refractivity contribution in [3.05, 3.63) is 58.9 Å². The summed E-state index contributed by atoms with van der Waals surface area (Å²) in [6.07, 6.45) is 0. The summed E-state index contributed by atoms with van der Waals surface area (Å²) < 4.78 is 18.7. The molecule has 0 unspecified atom stereocenters. The van der Waals surface area contributed by atoms with Gasteiger partial charge in [0, 0.05) is 15.9 Å². The number of hydrogen-bond donors (Lipinski definition) is 0.